The molecular formula is C22H28F6N2O6. The first-order chi connectivity index (χ1) is 16.7. The van der Waals surface area contributed by atoms with Gasteiger partial charge in [-0.25, -0.2) is 9.59 Å². The number of likely N-dealkylation sites (tertiary alicyclic amines) is 1. The highest BCUT2D eigenvalue weighted by molar-refractivity contribution is 5.73. The van der Waals surface area contributed by atoms with Crippen LogP contribution in [0.3, 0.4) is 0 Å². The summed E-state index contributed by atoms with van der Waals surface area (Å²) in [5, 5.41) is 14.2. The Morgan fingerprint density at radius 1 is 1.08 bits per heavy atom. The lowest BCUT2D eigenvalue weighted by atomic mass is 9.81. The van der Waals surface area contributed by atoms with Crippen LogP contribution in [0.5, 0.6) is 5.75 Å². The Morgan fingerprint density at radius 2 is 1.67 bits per heavy atom. The fraction of sp³-hybridized carbons (Fsp3) is 0.682. The van der Waals surface area contributed by atoms with Gasteiger partial charge in [-0.2, -0.15) is 26.3 Å². The third kappa shape index (κ3) is 8.80. The van der Waals surface area contributed by atoms with E-state index in [0.29, 0.717) is 5.41 Å². The monoisotopic (exact) mass is 530 g/mol. The number of carboxylic acids is 2. The van der Waals surface area contributed by atoms with E-state index < -0.39 is 24.3 Å². The van der Waals surface area contributed by atoms with E-state index in [9.17, 15) is 26.3 Å². The molecule has 36 heavy (non-hydrogen) atoms. The molecule has 2 atom stereocenters. The van der Waals surface area contributed by atoms with Crippen molar-refractivity contribution >= 4 is 11.9 Å². The minimum absolute atomic E-state index is 0.369. The molecule has 2 saturated heterocycles. The van der Waals surface area contributed by atoms with Crippen LogP contribution >= 0.6 is 0 Å². The van der Waals surface area contributed by atoms with Crippen molar-refractivity contribution in [2.45, 2.75) is 50.5 Å². The number of nitrogens with zero attached hydrogens (tertiary/aromatic N) is 2. The molecule has 1 saturated carbocycles. The molecule has 3 heterocycles. The second-order valence-corrected chi connectivity index (χ2v) is 8.81. The molecule has 14 heteroatoms. The van der Waals surface area contributed by atoms with E-state index in [1.54, 1.807) is 6.20 Å². The second kappa shape index (κ2) is 12.6. The highest BCUT2D eigenvalue weighted by Gasteiger charge is 2.51. The van der Waals surface area contributed by atoms with E-state index in [-0.39, 0.29) is 0 Å². The summed E-state index contributed by atoms with van der Waals surface area (Å²) in [6, 6.07) is 4.69. The lowest BCUT2D eigenvalue weighted by Crippen LogP contribution is -2.40. The molecule has 2 aliphatic heterocycles. The van der Waals surface area contributed by atoms with E-state index in [0.717, 1.165) is 37.5 Å². The number of alkyl halides is 6. The van der Waals surface area contributed by atoms with Gasteiger partial charge in [0.25, 0.3) is 0 Å². The van der Waals surface area contributed by atoms with Crippen molar-refractivity contribution in [3.63, 3.8) is 0 Å². The average molecular weight is 530 g/mol. The van der Waals surface area contributed by atoms with Gasteiger partial charge in [0.05, 0.1) is 12.8 Å². The van der Waals surface area contributed by atoms with Crippen molar-refractivity contribution in [3.05, 3.63) is 24.5 Å². The first-order valence-corrected chi connectivity index (χ1v) is 11.2. The molecule has 0 radical (unpaired) electrons. The van der Waals surface area contributed by atoms with Crippen LogP contribution in [0.25, 0.3) is 0 Å². The maximum absolute atomic E-state index is 10.6. The lowest BCUT2D eigenvalue weighted by Gasteiger charge is -2.33. The summed E-state index contributed by atoms with van der Waals surface area (Å²) < 4.78 is 75.1. The van der Waals surface area contributed by atoms with Crippen LogP contribution in [0, 0.1) is 11.3 Å². The zero-order valence-corrected chi connectivity index (χ0v) is 19.2. The summed E-state index contributed by atoms with van der Waals surface area (Å²) in [6.07, 6.45) is -0.0905. The van der Waals surface area contributed by atoms with Gasteiger partial charge >= 0.3 is 24.3 Å². The quantitative estimate of drug-likeness (QED) is 0.563. The van der Waals surface area contributed by atoms with Crippen LogP contribution < -0.4 is 4.74 Å². The highest BCUT2D eigenvalue weighted by Crippen LogP contribution is 2.49. The largest absolute Gasteiger partial charge is 0.491 e. The summed E-state index contributed by atoms with van der Waals surface area (Å²) in [4.78, 5) is 24.7. The fourth-order valence-corrected chi connectivity index (χ4v) is 4.68. The van der Waals surface area contributed by atoms with E-state index in [1.165, 1.54) is 45.2 Å². The molecule has 2 N–H and O–H groups in total. The molecule has 1 aromatic heterocycles. The number of hydrogen-bond acceptors (Lipinski definition) is 6. The van der Waals surface area contributed by atoms with Crippen molar-refractivity contribution in [2.24, 2.45) is 11.3 Å². The van der Waals surface area contributed by atoms with Crippen LogP contribution in [-0.2, 0) is 14.3 Å². The zero-order chi connectivity index (χ0) is 27.0. The van der Waals surface area contributed by atoms with Crippen LogP contribution in [0.2, 0.25) is 0 Å². The first-order valence-electron chi connectivity index (χ1n) is 11.2. The van der Waals surface area contributed by atoms with Gasteiger partial charge in [0.15, 0.2) is 0 Å². The number of fused-ring (bicyclic) bond motifs is 1. The van der Waals surface area contributed by atoms with Gasteiger partial charge in [-0.1, -0.05) is 6.42 Å². The Hall–Kier alpha value is -2.61. The first kappa shape index (κ1) is 29.6. The minimum Gasteiger partial charge on any atom is -0.491 e. The third-order valence-electron chi connectivity index (χ3n) is 6.42. The molecule has 0 aromatic carbocycles. The number of aromatic nitrogens is 1. The molecule has 0 unspecified atom stereocenters. The number of aliphatic carboxylic acids is 2. The van der Waals surface area contributed by atoms with Crippen molar-refractivity contribution in [3.8, 4) is 5.75 Å². The zero-order valence-electron chi connectivity index (χ0n) is 19.2. The Morgan fingerprint density at radius 3 is 2.17 bits per heavy atom. The van der Waals surface area contributed by atoms with E-state index in [1.807, 2.05) is 18.3 Å². The Bertz CT molecular complexity index is 824. The predicted molar refractivity (Wildman–Crippen MR) is 112 cm³/mol. The molecule has 0 bridgehead atoms. The molecule has 1 aliphatic carbocycles. The number of halogens is 6. The van der Waals surface area contributed by atoms with Crippen molar-refractivity contribution in [1.29, 1.82) is 0 Å². The molecule has 8 nitrogen and oxygen atoms in total. The van der Waals surface area contributed by atoms with E-state index in [4.69, 9.17) is 29.3 Å². The number of rotatable bonds is 4. The Labute approximate surface area is 203 Å². The maximum atomic E-state index is 10.6. The van der Waals surface area contributed by atoms with Crippen molar-refractivity contribution < 1.29 is 55.6 Å². The summed E-state index contributed by atoms with van der Waals surface area (Å²) in [5.41, 5.74) is 0.369. The molecule has 0 spiro atoms. The SMILES string of the molecule is O=C(O)C(F)(F)F.O=C(O)C(F)(F)F.c1cncc(OC[C@@]23CCC[C@@H]2CN(C2CCOCC2)C3)c1. The number of carboxylic acid groups (broad SMARTS) is 2. The summed E-state index contributed by atoms with van der Waals surface area (Å²) in [6.45, 7) is 5.20. The molecular weight excluding hydrogens is 502 g/mol. The van der Waals surface area contributed by atoms with E-state index in [2.05, 4.69) is 9.88 Å². The van der Waals surface area contributed by atoms with Crippen molar-refractivity contribution in [1.82, 2.24) is 9.88 Å². The molecule has 1 aromatic rings. The normalized spacial score (nSPS) is 24.6. The van der Waals surface area contributed by atoms with Crippen LogP contribution in [0.1, 0.15) is 32.1 Å². The summed E-state index contributed by atoms with van der Waals surface area (Å²) in [7, 11) is 0. The third-order valence-corrected chi connectivity index (χ3v) is 6.42. The fourth-order valence-electron chi connectivity index (χ4n) is 4.68. The van der Waals surface area contributed by atoms with Crippen LogP contribution in [-0.4, -0.2) is 83.3 Å². The van der Waals surface area contributed by atoms with E-state index >= 15 is 0 Å². The second-order valence-electron chi connectivity index (χ2n) is 8.81. The topological polar surface area (TPSA) is 109 Å². The van der Waals surface area contributed by atoms with Gasteiger partial charge in [-0.15, -0.1) is 0 Å². The molecule has 204 valence electrons. The molecule has 0 amide bonds. The number of carbonyl (C=O) groups is 2. The smallest absolute Gasteiger partial charge is 0.490 e. The van der Waals surface area contributed by atoms with Gasteiger partial charge < -0.3 is 19.7 Å². The minimum atomic E-state index is -5.08. The average Bonchev–Trinajstić information content (AvgIpc) is 3.36. The molecule has 3 aliphatic rings. The summed E-state index contributed by atoms with van der Waals surface area (Å²) >= 11 is 0. The number of pyridine rings is 1. The standard InChI is InChI=1S/C18H26N2O2.2C2HF3O2/c1-3-15-12-20(16-5-9-21-10-6-16)13-18(15,7-1)14-22-17-4-2-8-19-11-17;2*3-2(4,5)1(6)7/h2,4,8,11,15-16H,1,3,5-7,9-10,12-14H2;2*(H,6,7)/t15-,18+;;/m1../s1. The van der Waals surface area contributed by atoms with Crippen LogP contribution in [0.4, 0.5) is 26.3 Å². The van der Waals surface area contributed by atoms with Crippen LogP contribution in [0.15, 0.2) is 24.5 Å². The van der Waals surface area contributed by atoms with Gasteiger partial charge in [0, 0.05) is 44.0 Å². The van der Waals surface area contributed by atoms with Gasteiger partial charge in [-0.3, -0.25) is 9.88 Å². The lowest BCUT2D eigenvalue weighted by molar-refractivity contribution is -0.193. The summed E-state index contributed by atoms with van der Waals surface area (Å²) in [5.74, 6) is -3.79. The van der Waals surface area contributed by atoms with Crippen molar-refractivity contribution in [2.75, 3.05) is 32.9 Å². The van der Waals surface area contributed by atoms with Gasteiger partial charge in [-0.05, 0) is 43.7 Å². The molecule has 4 rings (SSSR count). The van der Waals surface area contributed by atoms with Gasteiger partial charge in [0.2, 0.25) is 0 Å². The highest BCUT2D eigenvalue weighted by atomic mass is 19.4. The Kier molecular flexibility index (Phi) is 10.3. The van der Waals surface area contributed by atoms with Gasteiger partial charge in [0.1, 0.15) is 5.75 Å². The number of hydrogen-bond donors (Lipinski definition) is 2. The number of ether oxygens (including phenoxy) is 2. The molecule has 3 fully saturated rings. The maximum Gasteiger partial charge on any atom is 0.490 e. The Balaban J connectivity index is 0.000000271. The predicted octanol–water partition coefficient (Wildman–Crippen LogP) is 4.01.